The van der Waals surface area contributed by atoms with E-state index in [2.05, 4.69) is 15.4 Å². The molecule has 4 rings (SSSR count). The molecule has 0 aliphatic rings. The van der Waals surface area contributed by atoms with Crippen LogP contribution >= 0.6 is 23.2 Å². The third-order valence-electron chi connectivity index (χ3n) is 4.71. The first-order valence-corrected chi connectivity index (χ1v) is 10.5. The molecule has 2 heterocycles. The predicted molar refractivity (Wildman–Crippen MR) is 123 cm³/mol. The lowest BCUT2D eigenvalue weighted by Gasteiger charge is -2.12. The molecule has 9 heteroatoms. The first-order chi connectivity index (χ1) is 15.5. The third kappa shape index (κ3) is 5.07. The van der Waals surface area contributed by atoms with Crippen LogP contribution in [0.5, 0.6) is 5.75 Å². The van der Waals surface area contributed by atoms with Gasteiger partial charge in [0.2, 0.25) is 0 Å². The van der Waals surface area contributed by atoms with Crippen molar-refractivity contribution in [3.8, 4) is 5.75 Å². The van der Waals surface area contributed by atoms with Crippen LogP contribution in [0, 0.1) is 0 Å². The van der Waals surface area contributed by atoms with E-state index >= 15 is 0 Å². The summed E-state index contributed by atoms with van der Waals surface area (Å²) in [6, 6.07) is 15.6. The number of nitrogens with one attached hydrogen (secondary N) is 1. The SMILES string of the molecule is O=C(COc1ccc(Cl)cc1Cl)NCc1nn(Cc2cccnc2)c(=O)c2ccccc12. The van der Waals surface area contributed by atoms with Gasteiger partial charge in [0.05, 0.1) is 29.2 Å². The molecule has 0 saturated carbocycles. The van der Waals surface area contributed by atoms with Crippen molar-refractivity contribution in [2.45, 2.75) is 13.1 Å². The molecule has 32 heavy (non-hydrogen) atoms. The Hall–Kier alpha value is -3.42. The number of benzene rings is 2. The van der Waals surface area contributed by atoms with Crippen molar-refractivity contribution in [1.29, 1.82) is 0 Å². The molecule has 0 atom stereocenters. The van der Waals surface area contributed by atoms with Crippen LogP contribution in [-0.2, 0) is 17.9 Å². The van der Waals surface area contributed by atoms with E-state index in [0.717, 1.165) is 5.56 Å². The summed E-state index contributed by atoms with van der Waals surface area (Å²) in [5.41, 5.74) is 1.21. The van der Waals surface area contributed by atoms with Crippen LogP contribution in [0.2, 0.25) is 10.0 Å². The highest BCUT2D eigenvalue weighted by Crippen LogP contribution is 2.27. The van der Waals surface area contributed by atoms with Gasteiger partial charge in [0.15, 0.2) is 6.61 Å². The molecule has 2 aromatic carbocycles. The number of carbonyl (C=O) groups is 1. The normalized spacial score (nSPS) is 10.8. The molecule has 1 N–H and O–H groups in total. The lowest BCUT2D eigenvalue weighted by atomic mass is 10.1. The van der Waals surface area contributed by atoms with Crippen LogP contribution in [0.1, 0.15) is 11.3 Å². The summed E-state index contributed by atoms with van der Waals surface area (Å²) < 4.78 is 6.85. The summed E-state index contributed by atoms with van der Waals surface area (Å²) in [6.45, 7) is 0.176. The molecule has 2 aromatic heterocycles. The molecule has 0 spiro atoms. The Kier molecular flexibility index (Phi) is 6.68. The second-order valence-corrected chi connectivity index (χ2v) is 7.80. The number of carbonyl (C=O) groups excluding carboxylic acids is 1. The number of hydrogen-bond donors (Lipinski definition) is 1. The van der Waals surface area contributed by atoms with Gasteiger partial charge in [-0.25, -0.2) is 4.68 Å². The van der Waals surface area contributed by atoms with Crippen molar-refractivity contribution in [2.24, 2.45) is 0 Å². The van der Waals surface area contributed by atoms with E-state index in [4.69, 9.17) is 27.9 Å². The van der Waals surface area contributed by atoms with Crippen LogP contribution in [-0.4, -0.2) is 27.3 Å². The Bertz CT molecular complexity index is 1330. The van der Waals surface area contributed by atoms with Gasteiger partial charge in [-0.15, -0.1) is 0 Å². The number of amides is 1. The Morgan fingerprint density at radius 2 is 1.88 bits per heavy atom. The summed E-state index contributed by atoms with van der Waals surface area (Å²) in [7, 11) is 0. The van der Waals surface area contributed by atoms with E-state index in [1.807, 2.05) is 18.2 Å². The van der Waals surface area contributed by atoms with Crippen molar-refractivity contribution < 1.29 is 9.53 Å². The third-order valence-corrected chi connectivity index (χ3v) is 5.24. The number of aromatic nitrogens is 3. The average molecular weight is 469 g/mol. The lowest BCUT2D eigenvalue weighted by Crippen LogP contribution is -2.31. The van der Waals surface area contributed by atoms with Crippen molar-refractivity contribution >= 4 is 39.9 Å². The number of halogens is 2. The summed E-state index contributed by atoms with van der Waals surface area (Å²) in [5.74, 6) is 0.00622. The zero-order valence-electron chi connectivity index (χ0n) is 16.8. The smallest absolute Gasteiger partial charge is 0.274 e. The molecule has 0 unspecified atom stereocenters. The Labute approximate surface area is 193 Å². The molecule has 0 aliphatic heterocycles. The van der Waals surface area contributed by atoms with Crippen molar-refractivity contribution in [3.63, 3.8) is 0 Å². The van der Waals surface area contributed by atoms with E-state index in [9.17, 15) is 9.59 Å². The molecule has 7 nitrogen and oxygen atoms in total. The first-order valence-electron chi connectivity index (χ1n) is 9.73. The van der Waals surface area contributed by atoms with Gasteiger partial charge in [0.1, 0.15) is 5.75 Å². The quantitative estimate of drug-likeness (QED) is 0.445. The lowest BCUT2D eigenvalue weighted by molar-refractivity contribution is -0.123. The van der Waals surface area contributed by atoms with Crippen molar-refractivity contribution in [1.82, 2.24) is 20.1 Å². The molecule has 162 valence electrons. The molecule has 0 bridgehead atoms. The Balaban J connectivity index is 1.51. The van der Waals surface area contributed by atoms with Crippen LogP contribution in [0.15, 0.2) is 71.8 Å². The van der Waals surface area contributed by atoms with Gasteiger partial charge in [-0.2, -0.15) is 5.10 Å². The minimum atomic E-state index is -0.355. The van der Waals surface area contributed by atoms with Gasteiger partial charge in [-0.1, -0.05) is 47.5 Å². The molecule has 1 amide bonds. The highest BCUT2D eigenvalue weighted by Gasteiger charge is 2.13. The van der Waals surface area contributed by atoms with Crippen LogP contribution in [0.25, 0.3) is 10.8 Å². The number of nitrogens with zero attached hydrogens (tertiary/aromatic N) is 3. The number of fused-ring (bicyclic) bond motifs is 1. The molecule has 0 radical (unpaired) electrons. The topological polar surface area (TPSA) is 86.1 Å². The van der Waals surface area contributed by atoms with E-state index in [0.29, 0.717) is 32.3 Å². The van der Waals surface area contributed by atoms with E-state index in [-0.39, 0.29) is 31.2 Å². The van der Waals surface area contributed by atoms with E-state index in [1.54, 1.807) is 42.7 Å². The molecule has 0 fully saturated rings. The second-order valence-electron chi connectivity index (χ2n) is 6.96. The fourth-order valence-electron chi connectivity index (χ4n) is 3.18. The maximum absolute atomic E-state index is 12.9. The highest BCUT2D eigenvalue weighted by atomic mass is 35.5. The summed E-state index contributed by atoms with van der Waals surface area (Å²) >= 11 is 11.9. The standard InChI is InChI=1S/C23H18Cl2N4O3/c24-16-7-8-21(19(25)10-16)32-14-22(30)27-12-20-17-5-1-2-6-18(17)23(31)29(28-20)13-15-4-3-9-26-11-15/h1-11H,12-14H2,(H,27,30). The first kappa shape index (κ1) is 21.8. The Morgan fingerprint density at radius 1 is 1.06 bits per heavy atom. The zero-order valence-corrected chi connectivity index (χ0v) is 18.3. The minimum Gasteiger partial charge on any atom is -0.482 e. The summed E-state index contributed by atoms with van der Waals surface area (Å²) in [4.78, 5) is 29.3. The number of pyridine rings is 1. The second kappa shape index (κ2) is 9.80. The highest BCUT2D eigenvalue weighted by molar-refractivity contribution is 6.35. The monoisotopic (exact) mass is 468 g/mol. The largest absolute Gasteiger partial charge is 0.482 e. The average Bonchev–Trinajstić information content (AvgIpc) is 2.80. The van der Waals surface area contributed by atoms with Crippen LogP contribution in [0.4, 0.5) is 0 Å². The predicted octanol–water partition coefficient (Wildman–Crippen LogP) is 3.84. The summed E-state index contributed by atoms with van der Waals surface area (Å²) in [5, 5.41) is 9.28. The van der Waals surface area contributed by atoms with Gasteiger partial charge in [0.25, 0.3) is 11.5 Å². The molecule has 0 saturated heterocycles. The van der Waals surface area contributed by atoms with Gasteiger partial charge in [-0.05, 0) is 35.9 Å². The van der Waals surface area contributed by atoms with Gasteiger partial charge in [-0.3, -0.25) is 14.6 Å². The maximum atomic E-state index is 12.9. The maximum Gasteiger partial charge on any atom is 0.274 e. The minimum absolute atomic E-state index is 0.129. The van der Waals surface area contributed by atoms with Crippen LogP contribution in [0.3, 0.4) is 0 Å². The van der Waals surface area contributed by atoms with Gasteiger partial charge in [0, 0.05) is 22.8 Å². The molecule has 0 aliphatic carbocycles. The van der Waals surface area contributed by atoms with Crippen LogP contribution < -0.4 is 15.6 Å². The zero-order chi connectivity index (χ0) is 22.5. The fraction of sp³-hybridized carbons (Fsp3) is 0.130. The molecule has 4 aromatic rings. The number of rotatable bonds is 7. The van der Waals surface area contributed by atoms with E-state index in [1.165, 1.54) is 10.7 Å². The molecular formula is C23H18Cl2N4O3. The van der Waals surface area contributed by atoms with Gasteiger partial charge < -0.3 is 10.1 Å². The van der Waals surface area contributed by atoms with E-state index < -0.39 is 0 Å². The van der Waals surface area contributed by atoms with Crippen molar-refractivity contribution in [2.75, 3.05) is 6.61 Å². The number of ether oxygens (including phenoxy) is 1. The van der Waals surface area contributed by atoms with Crippen molar-refractivity contribution in [3.05, 3.63) is 98.6 Å². The molecular weight excluding hydrogens is 451 g/mol. The Morgan fingerprint density at radius 3 is 2.62 bits per heavy atom. The summed E-state index contributed by atoms with van der Waals surface area (Å²) in [6.07, 6.45) is 3.35. The number of hydrogen-bond acceptors (Lipinski definition) is 5. The van der Waals surface area contributed by atoms with Gasteiger partial charge >= 0.3 is 0 Å². The fourth-order valence-corrected chi connectivity index (χ4v) is 3.64.